The summed E-state index contributed by atoms with van der Waals surface area (Å²) in [6.45, 7) is 0.925. The highest BCUT2D eigenvalue weighted by Gasteiger charge is 2.12. The van der Waals surface area contributed by atoms with Gasteiger partial charge in [0.25, 0.3) is 5.91 Å². The molecule has 0 aliphatic rings. The molecule has 0 unspecified atom stereocenters. The quantitative estimate of drug-likeness (QED) is 0.267. The van der Waals surface area contributed by atoms with Crippen LogP contribution in [0.15, 0.2) is 30.3 Å². The van der Waals surface area contributed by atoms with Crippen LogP contribution in [0.2, 0.25) is 0 Å². The zero-order chi connectivity index (χ0) is 15.0. The lowest BCUT2D eigenvalue weighted by Crippen LogP contribution is -2.41. The van der Waals surface area contributed by atoms with Crippen molar-refractivity contribution >= 4 is 17.9 Å². The summed E-state index contributed by atoms with van der Waals surface area (Å²) < 4.78 is 0. The highest BCUT2D eigenvalue weighted by atomic mass is 16.3. The minimum absolute atomic E-state index is 0.167. The molecule has 0 aliphatic carbocycles. The maximum Gasteiger partial charge on any atom is 0.253 e. The summed E-state index contributed by atoms with van der Waals surface area (Å²) in [7, 11) is 0. The van der Waals surface area contributed by atoms with Crippen LogP contribution in [0.25, 0.3) is 6.08 Å². The number of rotatable bonds is 6. The Bertz CT molecular complexity index is 482. The van der Waals surface area contributed by atoms with Gasteiger partial charge < -0.3 is 16.6 Å². The Balaban J connectivity index is 2.65. The van der Waals surface area contributed by atoms with Crippen molar-refractivity contribution in [3.05, 3.63) is 35.9 Å². The molecular weight excluding hydrogens is 256 g/mol. The van der Waals surface area contributed by atoms with Crippen molar-refractivity contribution in [1.82, 2.24) is 4.90 Å². The van der Waals surface area contributed by atoms with Gasteiger partial charge in [-0.05, 0) is 43.2 Å². The van der Waals surface area contributed by atoms with Crippen molar-refractivity contribution in [2.24, 2.45) is 11.5 Å². The third kappa shape index (κ3) is 5.11. The van der Waals surface area contributed by atoms with Crippen LogP contribution in [0.3, 0.4) is 0 Å². The van der Waals surface area contributed by atoms with E-state index in [1.54, 1.807) is 18.2 Å². The number of aromatic hydroxyl groups is 1. The maximum absolute atomic E-state index is 12.0. The molecule has 0 radical (unpaired) electrons. The smallest absolute Gasteiger partial charge is 0.253 e. The van der Waals surface area contributed by atoms with Gasteiger partial charge in [0, 0.05) is 12.6 Å². The molecule has 6 N–H and O–H groups in total. The molecule has 1 amide bonds. The summed E-state index contributed by atoms with van der Waals surface area (Å²) in [6, 6.07) is 6.44. The van der Waals surface area contributed by atoms with Gasteiger partial charge in [-0.3, -0.25) is 15.1 Å². The fraction of sp³-hybridized carbons (Fsp3) is 0.286. The van der Waals surface area contributed by atoms with E-state index in [0.717, 1.165) is 12.0 Å². The molecular formula is C14H20N4O2. The molecule has 0 aromatic heterocycles. The number of hydrogen-bond acceptors (Lipinski definition) is 4. The number of hydrogen-bond donors (Lipinski definition) is 4. The van der Waals surface area contributed by atoms with E-state index in [9.17, 15) is 4.79 Å². The van der Waals surface area contributed by atoms with Gasteiger partial charge in [-0.15, -0.1) is 0 Å². The second kappa shape index (κ2) is 7.96. The fourth-order valence-electron chi connectivity index (χ4n) is 1.61. The summed E-state index contributed by atoms with van der Waals surface area (Å²) in [6.07, 6.45) is 4.45. The van der Waals surface area contributed by atoms with Gasteiger partial charge in [-0.2, -0.15) is 0 Å². The van der Waals surface area contributed by atoms with Crippen LogP contribution >= 0.6 is 0 Å². The summed E-state index contributed by atoms with van der Waals surface area (Å²) in [5.74, 6) is -0.453. The number of carbonyl (C=O) groups excluding carboxylic acids is 1. The van der Waals surface area contributed by atoms with E-state index in [-0.39, 0.29) is 17.6 Å². The zero-order valence-electron chi connectivity index (χ0n) is 11.2. The molecule has 0 aliphatic heterocycles. The average molecular weight is 276 g/mol. The average Bonchev–Trinajstić information content (AvgIpc) is 2.42. The standard InChI is InChI=1S/C14H20N4O2/c15-9-1-2-10-18(14(16)17)13(20)8-5-11-3-6-12(19)7-4-11/h3-8,19H,1-2,9-10,15H2,(H3,16,17)/b8-5+. The Hall–Kier alpha value is -2.34. The molecule has 0 atom stereocenters. The van der Waals surface area contributed by atoms with Crippen LogP contribution in [0, 0.1) is 5.41 Å². The van der Waals surface area contributed by atoms with Gasteiger partial charge in [0.2, 0.25) is 0 Å². The number of carbonyl (C=O) groups is 1. The minimum Gasteiger partial charge on any atom is -0.508 e. The van der Waals surface area contributed by atoms with Crippen LogP contribution in [0.4, 0.5) is 0 Å². The summed E-state index contributed by atoms with van der Waals surface area (Å²) in [5, 5.41) is 16.6. The van der Waals surface area contributed by atoms with E-state index in [1.165, 1.54) is 23.1 Å². The monoisotopic (exact) mass is 276 g/mol. The molecule has 1 aromatic rings. The van der Waals surface area contributed by atoms with E-state index in [1.807, 2.05) is 0 Å². The maximum atomic E-state index is 12.0. The third-order valence-corrected chi connectivity index (χ3v) is 2.70. The van der Waals surface area contributed by atoms with Crippen LogP contribution in [-0.4, -0.2) is 35.0 Å². The van der Waals surface area contributed by atoms with Gasteiger partial charge in [0.15, 0.2) is 5.96 Å². The van der Waals surface area contributed by atoms with Crippen LogP contribution in [-0.2, 0) is 4.79 Å². The second-order valence-electron chi connectivity index (χ2n) is 4.30. The molecule has 6 heteroatoms. The fourth-order valence-corrected chi connectivity index (χ4v) is 1.61. The van der Waals surface area contributed by atoms with Crippen molar-refractivity contribution in [2.45, 2.75) is 12.8 Å². The normalized spacial score (nSPS) is 10.7. The first-order chi connectivity index (χ1) is 9.54. The topological polar surface area (TPSA) is 116 Å². The van der Waals surface area contributed by atoms with Crippen molar-refractivity contribution < 1.29 is 9.90 Å². The predicted molar refractivity (Wildman–Crippen MR) is 79.1 cm³/mol. The third-order valence-electron chi connectivity index (χ3n) is 2.70. The lowest BCUT2D eigenvalue weighted by Gasteiger charge is -2.18. The highest BCUT2D eigenvalue weighted by molar-refractivity contribution is 6.02. The van der Waals surface area contributed by atoms with E-state index >= 15 is 0 Å². The first-order valence-corrected chi connectivity index (χ1v) is 6.37. The van der Waals surface area contributed by atoms with Gasteiger partial charge >= 0.3 is 0 Å². The Morgan fingerprint density at radius 3 is 2.50 bits per heavy atom. The van der Waals surface area contributed by atoms with E-state index in [0.29, 0.717) is 19.5 Å². The van der Waals surface area contributed by atoms with Crippen LogP contribution in [0.5, 0.6) is 5.75 Å². The number of nitrogens with two attached hydrogens (primary N) is 2. The molecule has 108 valence electrons. The van der Waals surface area contributed by atoms with Crippen LogP contribution < -0.4 is 11.5 Å². The lowest BCUT2D eigenvalue weighted by molar-refractivity contribution is -0.122. The van der Waals surface area contributed by atoms with Gasteiger partial charge in [0.05, 0.1) is 0 Å². The number of amides is 1. The molecule has 1 aromatic carbocycles. The Morgan fingerprint density at radius 1 is 1.30 bits per heavy atom. The number of benzene rings is 1. The SMILES string of the molecule is N=C(N)N(CCCCN)C(=O)/C=C/c1ccc(O)cc1. The molecule has 1 rings (SSSR count). The van der Waals surface area contributed by atoms with E-state index in [2.05, 4.69) is 0 Å². The number of phenols is 1. The number of unbranched alkanes of at least 4 members (excludes halogenated alkanes) is 1. The summed E-state index contributed by atoms with van der Waals surface area (Å²) in [4.78, 5) is 13.2. The molecule has 0 spiro atoms. The molecule has 20 heavy (non-hydrogen) atoms. The number of guanidine groups is 1. The molecule has 0 saturated heterocycles. The Kier molecular flexibility index (Phi) is 6.25. The zero-order valence-corrected chi connectivity index (χ0v) is 11.2. The largest absolute Gasteiger partial charge is 0.508 e. The predicted octanol–water partition coefficient (Wildman–Crippen LogP) is 0.866. The van der Waals surface area contributed by atoms with E-state index < -0.39 is 0 Å². The van der Waals surface area contributed by atoms with Crippen molar-refractivity contribution in [3.8, 4) is 5.75 Å². The first kappa shape index (κ1) is 15.7. The van der Waals surface area contributed by atoms with E-state index in [4.69, 9.17) is 22.0 Å². The van der Waals surface area contributed by atoms with Gasteiger partial charge in [-0.25, -0.2) is 0 Å². The molecule has 0 bridgehead atoms. The summed E-state index contributed by atoms with van der Waals surface area (Å²) in [5.41, 5.74) is 11.6. The molecule has 0 saturated carbocycles. The highest BCUT2D eigenvalue weighted by Crippen LogP contribution is 2.11. The number of nitrogens with zero attached hydrogens (tertiary/aromatic N) is 1. The molecule has 0 heterocycles. The van der Waals surface area contributed by atoms with Crippen molar-refractivity contribution in [2.75, 3.05) is 13.1 Å². The number of nitrogens with one attached hydrogen (secondary N) is 1. The van der Waals surface area contributed by atoms with Crippen molar-refractivity contribution in [1.29, 1.82) is 5.41 Å². The molecule has 6 nitrogen and oxygen atoms in total. The summed E-state index contributed by atoms with van der Waals surface area (Å²) >= 11 is 0. The Morgan fingerprint density at radius 2 is 1.95 bits per heavy atom. The Labute approximate surface area is 118 Å². The van der Waals surface area contributed by atoms with Gasteiger partial charge in [0.1, 0.15) is 5.75 Å². The minimum atomic E-state index is -0.345. The van der Waals surface area contributed by atoms with Gasteiger partial charge in [-0.1, -0.05) is 12.1 Å². The first-order valence-electron chi connectivity index (χ1n) is 6.37. The number of phenolic OH excluding ortho intramolecular Hbond substituents is 1. The lowest BCUT2D eigenvalue weighted by atomic mass is 10.2. The van der Waals surface area contributed by atoms with Crippen molar-refractivity contribution in [3.63, 3.8) is 0 Å². The second-order valence-corrected chi connectivity index (χ2v) is 4.30. The van der Waals surface area contributed by atoms with Crippen LogP contribution in [0.1, 0.15) is 18.4 Å². The molecule has 0 fully saturated rings.